The maximum atomic E-state index is 13.5. The Kier molecular flexibility index (Phi) is 50.5. The highest BCUT2D eigenvalue weighted by molar-refractivity contribution is 7.45. The van der Waals surface area contributed by atoms with E-state index >= 15 is 0 Å². The Morgan fingerprint density at radius 2 is 0.889 bits per heavy atom. The molecule has 0 radical (unpaired) electrons. The van der Waals surface area contributed by atoms with Crippen LogP contribution in [-0.2, 0) is 27.9 Å². The molecule has 10 heteroatoms. The van der Waals surface area contributed by atoms with Crippen LogP contribution in [0.3, 0.4) is 0 Å². The van der Waals surface area contributed by atoms with Crippen molar-refractivity contribution in [1.82, 2.24) is 5.32 Å². The summed E-state index contributed by atoms with van der Waals surface area (Å²) in [5.74, 6) is -0.552. The van der Waals surface area contributed by atoms with Gasteiger partial charge in [0.2, 0.25) is 5.91 Å². The smallest absolute Gasteiger partial charge is 0.306 e. The number of allylic oxidation sites excluding steroid dienone is 9. The summed E-state index contributed by atoms with van der Waals surface area (Å²) in [6.45, 7) is 6.72. The van der Waals surface area contributed by atoms with E-state index in [0.29, 0.717) is 17.4 Å². The summed E-state index contributed by atoms with van der Waals surface area (Å²) in [7, 11) is 1.18. The van der Waals surface area contributed by atoms with Gasteiger partial charge in [-0.05, 0) is 89.5 Å². The number of hydrogen-bond acceptors (Lipinski definition) is 7. The molecule has 0 aliphatic rings. The summed E-state index contributed by atoms with van der Waals surface area (Å²) in [5.41, 5.74) is 0. The Hall–Kier alpha value is -2.29. The number of quaternary nitrogens is 1. The molecule has 1 N–H and O–H groups in total. The first-order valence-corrected chi connectivity index (χ1v) is 31.6. The van der Waals surface area contributed by atoms with Crippen LogP contribution < -0.4 is 10.2 Å². The van der Waals surface area contributed by atoms with Crippen molar-refractivity contribution in [3.63, 3.8) is 0 Å². The maximum Gasteiger partial charge on any atom is 0.306 e. The molecule has 0 spiro atoms. The Morgan fingerprint density at radius 1 is 0.500 bits per heavy atom. The minimum Gasteiger partial charge on any atom is -0.756 e. The molecule has 0 aliphatic heterocycles. The topological polar surface area (TPSA) is 114 Å². The fourth-order valence-electron chi connectivity index (χ4n) is 8.53. The molecule has 0 aromatic heterocycles. The zero-order chi connectivity index (χ0) is 52.9. The zero-order valence-corrected chi connectivity index (χ0v) is 48.8. The van der Waals surface area contributed by atoms with E-state index in [0.717, 1.165) is 103 Å². The highest BCUT2D eigenvalue weighted by Crippen LogP contribution is 2.38. The van der Waals surface area contributed by atoms with Gasteiger partial charge in [0.25, 0.3) is 7.82 Å². The molecule has 0 aliphatic carbocycles. The van der Waals surface area contributed by atoms with E-state index in [1.54, 1.807) is 0 Å². The average molecular weight is 1030 g/mol. The minimum atomic E-state index is -4.70. The second kappa shape index (κ2) is 52.2. The second-order valence-corrected chi connectivity index (χ2v) is 22.9. The molecule has 0 fully saturated rings. The number of nitrogens with zero attached hydrogens (tertiary/aromatic N) is 1. The number of ether oxygens (including phenoxy) is 1. The predicted molar refractivity (Wildman–Crippen MR) is 307 cm³/mol. The molecule has 0 saturated carbocycles. The lowest BCUT2D eigenvalue weighted by atomic mass is 10.0. The zero-order valence-electron chi connectivity index (χ0n) is 47.9. The van der Waals surface area contributed by atoms with Crippen LogP contribution >= 0.6 is 7.82 Å². The number of carbonyl (C=O) groups is 2. The number of rotatable bonds is 54. The van der Waals surface area contributed by atoms with Crippen LogP contribution in [-0.4, -0.2) is 69.4 Å². The molecule has 72 heavy (non-hydrogen) atoms. The largest absolute Gasteiger partial charge is 0.756 e. The fourth-order valence-corrected chi connectivity index (χ4v) is 9.25. The molecule has 3 atom stereocenters. The van der Waals surface area contributed by atoms with Gasteiger partial charge in [0.05, 0.1) is 33.8 Å². The fraction of sp³-hybridized carbons (Fsp3) is 0.806. The van der Waals surface area contributed by atoms with E-state index in [4.69, 9.17) is 13.8 Å². The summed E-state index contributed by atoms with van der Waals surface area (Å²) in [6.07, 6.45) is 64.6. The number of nitrogens with one attached hydrogen (secondary N) is 1. The third-order valence-electron chi connectivity index (χ3n) is 13.2. The SMILES string of the molecule is CC/C=C/C/C=C/CCCCCCCCCC(=O)OC(/C=C\CCCCCCCCCCCCC)C(COP(=O)([O-])OCC[N+](C)(C)C)NC(=O)CCCCCCCCCCC/C=C\C/C=C\CCCCC. The van der Waals surface area contributed by atoms with Crippen molar-refractivity contribution in [1.29, 1.82) is 0 Å². The van der Waals surface area contributed by atoms with Crippen molar-refractivity contribution < 1.29 is 37.3 Å². The van der Waals surface area contributed by atoms with Crippen LogP contribution in [0.2, 0.25) is 0 Å². The van der Waals surface area contributed by atoms with Crippen molar-refractivity contribution >= 4 is 19.7 Å². The molecule has 3 unspecified atom stereocenters. The standard InChI is InChI=1S/C62H115N2O7P/c1-7-10-13-16-19-22-25-28-30-31-32-33-34-36-39-42-45-48-51-54-61(65)63-59(58-70-72(67,68)69-57-56-64(4,5)6)60(53-50-47-44-41-38-35-27-24-21-18-15-12-9-3)71-62(66)55-52-49-46-43-40-37-29-26-23-20-17-14-11-8-2/h11,14,19-20,22-23,28,30,50,53,59-60H,7-10,12-13,15-18,21,24-27,29,31-49,51-52,54-58H2,1-6H3,(H-,63,65,67,68)/b14-11+,22-19-,23-20+,30-28-,53-50-. The highest BCUT2D eigenvalue weighted by atomic mass is 31.2. The first-order valence-electron chi connectivity index (χ1n) is 30.1. The van der Waals surface area contributed by atoms with E-state index in [9.17, 15) is 19.0 Å². The molecule has 0 aromatic rings. The molecule has 0 saturated heterocycles. The number of unbranched alkanes of at least 4 members (excludes halogenated alkanes) is 30. The number of amides is 1. The highest BCUT2D eigenvalue weighted by Gasteiger charge is 2.27. The van der Waals surface area contributed by atoms with Crippen molar-refractivity contribution in [2.24, 2.45) is 0 Å². The van der Waals surface area contributed by atoms with Crippen molar-refractivity contribution in [2.75, 3.05) is 40.9 Å². The number of esters is 1. The third kappa shape index (κ3) is 52.6. The van der Waals surface area contributed by atoms with Gasteiger partial charge >= 0.3 is 5.97 Å². The van der Waals surface area contributed by atoms with E-state index in [-0.39, 0.29) is 24.9 Å². The maximum absolute atomic E-state index is 13.5. The predicted octanol–water partition coefficient (Wildman–Crippen LogP) is 17.6. The van der Waals surface area contributed by atoms with Crippen molar-refractivity contribution in [3.05, 3.63) is 60.8 Å². The van der Waals surface area contributed by atoms with E-state index in [1.807, 2.05) is 33.3 Å². The minimum absolute atomic E-state index is 0.0255. The summed E-state index contributed by atoms with van der Waals surface area (Å²) in [5, 5.41) is 3.02. The number of carbonyl (C=O) groups excluding carboxylic acids is 2. The van der Waals surface area contributed by atoms with Gasteiger partial charge in [0.15, 0.2) is 0 Å². The third-order valence-corrected chi connectivity index (χ3v) is 14.1. The molecule has 0 aromatic carbocycles. The van der Waals surface area contributed by atoms with Crippen LogP contribution in [0.25, 0.3) is 0 Å². The molecule has 0 rings (SSSR count). The van der Waals surface area contributed by atoms with Crippen LogP contribution in [0.4, 0.5) is 0 Å². The molecule has 9 nitrogen and oxygen atoms in total. The van der Waals surface area contributed by atoms with Gasteiger partial charge < -0.3 is 28.5 Å². The van der Waals surface area contributed by atoms with Crippen LogP contribution in [0.1, 0.15) is 271 Å². The number of hydrogen-bond donors (Lipinski definition) is 1. The monoisotopic (exact) mass is 1030 g/mol. The molecule has 0 bridgehead atoms. The Morgan fingerprint density at radius 3 is 1.35 bits per heavy atom. The van der Waals surface area contributed by atoms with Gasteiger partial charge in [0, 0.05) is 12.8 Å². The Labute approximate surface area is 445 Å². The number of phosphoric ester groups is 1. The summed E-state index contributed by atoms with van der Waals surface area (Å²) in [6, 6.07) is -0.894. The van der Waals surface area contributed by atoms with Crippen molar-refractivity contribution in [3.8, 4) is 0 Å². The first-order chi connectivity index (χ1) is 34.9. The van der Waals surface area contributed by atoms with Gasteiger partial charge in [-0.2, -0.15) is 0 Å². The van der Waals surface area contributed by atoms with E-state index in [2.05, 4.69) is 74.7 Å². The van der Waals surface area contributed by atoms with E-state index in [1.165, 1.54) is 135 Å². The lowest BCUT2D eigenvalue weighted by Crippen LogP contribution is -2.47. The lowest BCUT2D eigenvalue weighted by Gasteiger charge is -2.30. The summed E-state index contributed by atoms with van der Waals surface area (Å²) >= 11 is 0. The molecular weight excluding hydrogens is 916 g/mol. The Balaban J connectivity index is 5.31. The second-order valence-electron chi connectivity index (χ2n) is 21.5. The summed E-state index contributed by atoms with van der Waals surface area (Å²) < 4.78 is 30.3. The molecule has 1 amide bonds. The number of phosphoric acid groups is 1. The van der Waals surface area contributed by atoms with Crippen LogP contribution in [0, 0.1) is 0 Å². The quantitative estimate of drug-likeness (QED) is 0.0212. The van der Waals surface area contributed by atoms with Crippen molar-refractivity contribution in [2.45, 2.75) is 283 Å². The average Bonchev–Trinajstić information content (AvgIpc) is 3.34. The first kappa shape index (κ1) is 69.7. The van der Waals surface area contributed by atoms with Crippen LogP contribution in [0.5, 0.6) is 0 Å². The van der Waals surface area contributed by atoms with Gasteiger partial charge in [-0.15, -0.1) is 0 Å². The molecular formula is C62H115N2O7P. The normalized spacial score (nSPS) is 14.2. The molecule has 0 heterocycles. The molecule has 420 valence electrons. The number of likely N-dealkylation sites (N-methyl/N-ethyl adjacent to an activating group) is 1. The van der Waals surface area contributed by atoms with Gasteiger partial charge in [0.1, 0.15) is 19.3 Å². The Bertz CT molecular complexity index is 1420. The lowest BCUT2D eigenvalue weighted by molar-refractivity contribution is -0.870. The summed E-state index contributed by atoms with van der Waals surface area (Å²) in [4.78, 5) is 39.9. The van der Waals surface area contributed by atoms with E-state index < -0.39 is 26.6 Å². The van der Waals surface area contributed by atoms with Gasteiger partial charge in [-0.25, -0.2) is 0 Å². The van der Waals surface area contributed by atoms with Gasteiger partial charge in [-0.3, -0.25) is 14.2 Å². The van der Waals surface area contributed by atoms with Crippen LogP contribution in [0.15, 0.2) is 60.8 Å². The van der Waals surface area contributed by atoms with Gasteiger partial charge in [-0.1, -0.05) is 230 Å².